The molecule has 1 saturated heterocycles. The number of nitrogen functional groups attached to an aromatic ring is 1. The highest BCUT2D eigenvalue weighted by atomic mass is 32.2. The van der Waals surface area contributed by atoms with Crippen LogP contribution in [-0.2, 0) is 11.4 Å². The van der Waals surface area contributed by atoms with Crippen LogP contribution in [0.5, 0.6) is 5.75 Å². The minimum absolute atomic E-state index is 0.142. The van der Waals surface area contributed by atoms with Crippen LogP contribution in [0.3, 0.4) is 0 Å². The number of rotatable bonds is 6. The second kappa shape index (κ2) is 9.32. The number of likely N-dealkylation sites (tertiary alicyclic amines) is 1. The molecule has 1 aromatic heterocycles. The average molecular weight is 404 g/mol. The topological polar surface area (TPSA) is 86.3 Å². The first-order valence-electron chi connectivity index (χ1n) is 9.80. The number of nitrogens with zero attached hydrogens (tertiary/aromatic N) is 4. The van der Waals surface area contributed by atoms with Gasteiger partial charge in [-0.3, -0.25) is 4.79 Å². The van der Waals surface area contributed by atoms with E-state index in [1.54, 1.807) is 0 Å². The van der Waals surface area contributed by atoms with Gasteiger partial charge in [-0.1, -0.05) is 30.7 Å². The minimum Gasteiger partial charge on any atom is -0.486 e. The first kappa shape index (κ1) is 20.5. The first-order valence-corrected chi connectivity index (χ1v) is 10.7. The Morgan fingerprint density at radius 3 is 2.43 bits per heavy atom. The van der Waals surface area contributed by atoms with Crippen molar-refractivity contribution in [2.75, 3.05) is 18.9 Å². The number of hydrogen-bond acceptors (Lipinski definition) is 6. The number of amides is 1. The molecule has 1 amide bonds. The van der Waals surface area contributed by atoms with E-state index in [1.807, 2.05) is 37.8 Å². The largest absolute Gasteiger partial charge is 0.486 e. The Labute approximate surface area is 170 Å². The number of carbonyl (C=O) groups is 1. The van der Waals surface area contributed by atoms with Crippen molar-refractivity contribution >= 4 is 17.7 Å². The lowest BCUT2D eigenvalue weighted by atomic mass is 10.1. The van der Waals surface area contributed by atoms with Crippen molar-refractivity contribution in [1.29, 1.82) is 0 Å². The molecule has 0 radical (unpaired) electrons. The van der Waals surface area contributed by atoms with Gasteiger partial charge >= 0.3 is 0 Å². The van der Waals surface area contributed by atoms with E-state index in [0.29, 0.717) is 11.0 Å². The fourth-order valence-corrected chi connectivity index (χ4v) is 4.28. The molecule has 2 aromatic rings. The Morgan fingerprint density at radius 2 is 1.79 bits per heavy atom. The molecule has 0 spiro atoms. The number of benzene rings is 1. The van der Waals surface area contributed by atoms with E-state index in [1.165, 1.54) is 29.3 Å². The molecule has 0 bridgehead atoms. The maximum absolute atomic E-state index is 12.7. The molecule has 1 atom stereocenters. The van der Waals surface area contributed by atoms with Gasteiger partial charge in [0.2, 0.25) is 11.1 Å². The monoisotopic (exact) mass is 403 g/mol. The highest BCUT2D eigenvalue weighted by molar-refractivity contribution is 8.00. The summed E-state index contributed by atoms with van der Waals surface area (Å²) in [6.45, 7) is 7.87. The molecule has 1 aromatic carbocycles. The van der Waals surface area contributed by atoms with Crippen LogP contribution in [0.15, 0.2) is 23.4 Å². The van der Waals surface area contributed by atoms with Crippen molar-refractivity contribution in [2.45, 2.75) is 63.5 Å². The van der Waals surface area contributed by atoms with Crippen molar-refractivity contribution in [3.63, 3.8) is 0 Å². The third-order valence-electron chi connectivity index (χ3n) is 4.85. The maximum atomic E-state index is 12.7. The van der Waals surface area contributed by atoms with Crippen LogP contribution >= 0.6 is 11.8 Å². The third-order valence-corrected chi connectivity index (χ3v) is 5.89. The number of thioether (sulfide) groups is 1. The van der Waals surface area contributed by atoms with Crippen LogP contribution in [0.4, 0.5) is 0 Å². The Bertz CT molecular complexity index is 795. The lowest BCUT2D eigenvalue weighted by molar-refractivity contribution is -0.130. The van der Waals surface area contributed by atoms with Gasteiger partial charge in [0.1, 0.15) is 12.4 Å². The van der Waals surface area contributed by atoms with E-state index in [2.05, 4.69) is 16.3 Å². The van der Waals surface area contributed by atoms with Crippen molar-refractivity contribution in [3.8, 4) is 5.75 Å². The summed E-state index contributed by atoms with van der Waals surface area (Å²) < 4.78 is 7.24. The fraction of sp³-hybridized carbons (Fsp3) is 0.550. The zero-order chi connectivity index (χ0) is 20.1. The molecule has 2 heterocycles. The van der Waals surface area contributed by atoms with Gasteiger partial charge in [0.25, 0.3) is 0 Å². The Balaban J connectivity index is 1.59. The van der Waals surface area contributed by atoms with E-state index >= 15 is 0 Å². The number of aryl methyl sites for hydroxylation is 2. The van der Waals surface area contributed by atoms with Gasteiger partial charge in [-0.15, -0.1) is 10.2 Å². The summed E-state index contributed by atoms with van der Waals surface area (Å²) in [6, 6.07) is 6.04. The molecule has 1 unspecified atom stereocenters. The summed E-state index contributed by atoms with van der Waals surface area (Å²) in [5, 5.41) is 8.55. The molecule has 3 rings (SSSR count). The fourth-order valence-electron chi connectivity index (χ4n) is 3.41. The lowest BCUT2D eigenvalue weighted by Gasteiger charge is -2.23. The zero-order valence-corrected chi connectivity index (χ0v) is 17.7. The quantitative estimate of drug-likeness (QED) is 0.589. The van der Waals surface area contributed by atoms with E-state index in [4.69, 9.17) is 10.6 Å². The van der Waals surface area contributed by atoms with Crippen LogP contribution in [0, 0.1) is 13.8 Å². The average Bonchev–Trinajstić information content (AvgIpc) is 2.86. The maximum Gasteiger partial charge on any atom is 0.235 e. The Hall–Kier alpha value is -2.22. The van der Waals surface area contributed by atoms with Gasteiger partial charge in [0.05, 0.1) is 5.25 Å². The smallest absolute Gasteiger partial charge is 0.235 e. The van der Waals surface area contributed by atoms with Crippen LogP contribution in [0.25, 0.3) is 0 Å². The summed E-state index contributed by atoms with van der Waals surface area (Å²) >= 11 is 1.34. The highest BCUT2D eigenvalue weighted by Crippen LogP contribution is 2.24. The lowest BCUT2D eigenvalue weighted by Crippen LogP contribution is -2.37. The van der Waals surface area contributed by atoms with Gasteiger partial charge < -0.3 is 15.5 Å². The molecule has 1 aliphatic heterocycles. The van der Waals surface area contributed by atoms with Gasteiger partial charge in [-0.2, -0.15) is 0 Å². The van der Waals surface area contributed by atoms with Gasteiger partial charge in [-0.05, 0) is 56.9 Å². The molecule has 28 heavy (non-hydrogen) atoms. The van der Waals surface area contributed by atoms with Gasteiger partial charge in [0.15, 0.2) is 5.82 Å². The molecule has 2 N–H and O–H groups in total. The number of ether oxygens (including phenoxy) is 1. The van der Waals surface area contributed by atoms with E-state index in [0.717, 1.165) is 42.8 Å². The summed E-state index contributed by atoms with van der Waals surface area (Å²) in [6.07, 6.45) is 4.56. The summed E-state index contributed by atoms with van der Waals surface area (Å²) in [7, 11) is 0. The van der Waals surface area contributed by atoms with Crippen molar-refractivity contribution < 1.29 is 9.53 Å². The van der Waals surface area contributed by atoms with Crippen LogP contribution in [-0.4, -0.2) is 44.0 Å². The SMILES string of the molecule is Cc1cc(C)cc(OCc2nnc(SC(C)C(=O)N3CCCCCC3)n2N)c1. The second-order valence-electron chi connectivity index (χ2n) is 7.38. The molecule has 8 heteroatoms. The number of nitrogens with two attached hydrogens (primary N) is 1. The van der Waals surface area contributed by atoms with Crippen LogP contribution in [0.2, 0.25) is 0 Å². The van der Waals surface area contributed by atoms with E-state index in [-0.39, 0.29) is 17.8 Å². The summed E-state index contributed by atoms with van der Waals surface area (Å²) in [5.74, 6) is 7.59. The molecular formula is C20H29N5O2S. The first-order chi connectivity index (χ1) is 13.4. The van der Waals surface area contributed by atoms with E-state index in [9.17, 15) is 4.79 Å². The predicted molar refractivity (Wildman–Crippen MR) is 111 cm³/mol. The normalized spacial score (nSPS) is 15.9. The predicted octanol–water partition coefficient (Wildman–Crippen LogP) is 3.07. The van der Waals surface area contributed by atoms with Crippen molar-refractivity contribution in [2.24, 2.45) is 0 Å². The molecule has 152 valence electrons. The second-order valence-corrected chi connectivity index (χ2v) is 8.69. The summed E-state index contributed by atoms with van der Waals surface area (Å²) in [5.41, 5.74) is 2.28. The number of hydrogen-bond donors (Lipinski definition) is 1. The standard InChI is InChI=1S/C20H29N5O2S/c1-14-10-15(2)12-17(11-14)27-13-18-22-23-20(25(18)21)28-16(3)19(26)24-8-6-4-5-7-9-24/h10-12,16H,4-9,13,21H2,1-3H3. The molecular weight excluding hydrogens is 374 g/mol. The van der Waals surface area contributed by atoms with Gasteiger partial charge in [-0.25, -0.2) is 4.68 Å². The van der Waals surface area contributed by atoms with Crippen LogP contribution in [0.1, 0.15) is 49.6 Å². The molecule has 1 fully saturated rings. The molecule has 1 aliphatic rings. The Kier molecular flexibility index (Phi) is 6.83. The molecule has 0 saturated carbocycles. The third kappa shape index (κ3) is 5.19. The number of carbonyl (C=O) groups excluding carboxylic acids is 1. The van der Waals surface area contributed by atoms with Crippen molar-refractivity contribution in [1.82, 2.24) is 19.8 Å². The van der Waals surface area contributed by atoms with Gasteiger partial charge in [0, 0.05) is 13.1 Å². The minimum atomic E-state index is -0.252. The Morgan fingerprint density at radius 1 is 1.14 bits per heavy atom. The summed E-state index contributed by atoms with van der Waals surface area (Å²) in [4.78, 5) is 14.7. The van der Waals surface area contributed by atoms with Crippen molar-refractivity contribution in [3.05, 3.63) is 35.2 Å². The highest BCUT2D eigenvalue weighted by Gasteiger charge is 2.24. The molecule has 7 nitrogen and oxygen atoms in total. The van der Waals surface area contributed by atoms with Crippen LogP contribution < -0.4 is 10.6 Å². The van der Waals surface area contributed by atoms with E-state index < -0.39 is 0 Å². The molecule has 0 aliphatic carbocycles. The number of aromatic nitrogens is 3. The zero-order valence-electron chi connectivity index (χ0n) is 16.9.